The summed E-state index contributed by atoms with van der Waals surface area (Å²) in [4.78, 5) is 12.6. The lowest BCUT2D eigenvalue weighted by molar-refractivity contribution is -0.274. The minimum atomic E-state index is -0.794. The Morgan fingerprint density at radius 3 is 2.00 bits per heavy atom. The van der Waals surface area contributed by atoms with Crippen LogP contribution in [0, 0.1) is 16.7 Å². The molecule has 2 atom stereocenters. The van der Waals surface area contributed by atoms with Gasteiger partial charge in [-0.25, -0.2) is 0 Å². The summed E-state index contributed by atoms with van der Waals surface area (Å²) in [5, 5.41) is 21.9. The van der Waals surface area contributed by atoms with E-state index in [2.05, 4.69) is 0 Å². The Balaban J connectivity index is 1.89. The maximum absolute atomic E-state index is 12.6. The van der Waals surface area contributed by atoms with E-state index < -0.39 is 22.2 Å². The van der Waals surface area contributed by atoms with E-state index in [1.165, 1.54) is 0 Å². The van der Waals surface area contributed by atoms with Crippen molar-refractivity contribution in [1.29, 1.82) is 0 Å². The van der Waals surface area contributed by atoms with E-state index in [1.54, 1.807) is 0 Å². The largest absolute Gasteiger partial charge is 0.459 e. The summed E-state index contributed by atoms with van der Waals surface area (Å²) in [6.07, 6.45) is 4.96. The normalized spacial score (nSPS) is 42.8. The van der Waals surface area contributed by atoms with Crippen molar-refractivity contribution in [3.63, 3.8) is 0 Å². The number of aliphatic hydroxyl groups is 2. The SMILES string of the molecule is CCC(C)(C)C(=O)OC(C)(C)C12CC3CC(O)(CC(O)(C3)C1)C2. The summed E-state index contributed by atoms with van der Waals surface area (Å²) in [7, 11) is 0. The Bertz CT molecular complexity index is 503. The highest BCUT2D eigenvalue weighted by atomic mass is 16.6. The third kappa shape index (κ3) is 2.62. The molecule has 4 bridgehead atoms. The number of carbonyl (C=O) groups excluding carboxylic acids is 1. The molecule has 4 saturated carbocycles. The molecule has 0 aromatic heterocycles. The number of hydrogen-bond donors (Lipinski definition) is 2. The fourth-order valence-electron chi connectivity index (χ4n) is 5.63. The first-order valence-electron chi connectivity index (χ1n) is 9.03. The maximum atomic E-state index is 12.6. The molecule has 4 heteroatoms. The van der Waals surface area contributed by atoms with Gasteiger partial charge in [0.05, 0.1) is 16.6 Å². The molecule has 4 fully saturated rings. The van der Waals surface area contributed by atoms with Crippen LogP contribution in [0.15, 0.2) is 0 Å². The molecule has 4 rings (SSSR count). The second-order valence-electron chi connectivity index (χ2n) is 9.88. The molecule has 0 aromatic carbocycles. The Morgan fingerprint density at radius 2 is 1.57 bits per heavy atom. The number of hydrogen-bond acceptors (Lipinski definition) is 4. The van der Waals surface area contributed by atoms with Crippen molar-refractivity contribution in [2.24, 2.45) is 16.7 Å². The van der Waals surface area contributed by atoms with Gasteiger partial charge in [0.15, 0.2) is 0 Å². The van der Waals surface area contributed by atoms with Gasteiger partial charge >= 0.3 is 5.97 Å². The molecular weight excluding hydrogens is 292 g/mol. The summed E-state index contributed by atoms with van der Waals surface area (Å²) in [5.41, 5.74) is -3.10. The van der Waals surface area contributed by atoms with E-state index in [1.807, 2.05) is 34.6 Å². The quantitative estimate of drug-likeness (QED) is 0.779. The van der Waals surface area contributed by atoms with E-state index in [9.17, 15) is 15.0 Å². The second kappa shape index (κ2) is 4.72. The van der Waals surface area contributed by atoms with Crippen LogP contribution in [0.3, 0.4) is 0 Å². The first-order chi connectivity index (χ1) is 10.3. The van der Waals surface area contributed by atoms with Gasteiger partial charge in [0, 0.05) is 11.8 Å². The van der Waals surface area contributed by atoms with Crippen LogP contribution in [-0.4, -0.2) is 33.0 Å². The van der Waals surface area contributed by atoms with Crippen LogP contribution < -0.4 is 0 Å². The first kappa shape index (κ1) is 17.2. The van der Waals surface area contributed by atoms with Crippen molar-refractivity contribution in [1.82, 2.24) is 0 Å². The van der Waals surface area contributed by atoms with Crippen LogP contribution in [0.1, 0.15) is 79.6 Å². The molecule has 0 spiro atoms. The van der Waals surface area contributed by atoms with Gasteiger partial charge in [-0.05, 0) is 72.1 Å². The van der Waals surface area contributed by atoms with Crippen LogP contribution >= 0.6 is 0 Å². The van der Waals surface area contributed by atoms with Gasteiger partial charge in [0.1, 0.15) is 5.60 Å². The Morgan fingerprint density at radius 1 is 1.04 bits per heavy atom. The van der Waals surface area contributed by atoms with E-state index in [-0.39, 0.29) is 11.4 Å². The zero-order valence-corrected chi connectivity index (χ0v) is 15.2. The summed E-state index contributed by atoms with van der Waals surface area (Å²) in [5.74, 6) is 0.151. The minimum absolute atomic E-state index is 0.181. The summed E-state index contributed by atoms with van der Waals surface area (Å²) >= 11 is 0. The van der Waals surface area contributed by atoms with Crippen molar-refractivity contribution in [2.45, 2.75) is 96.4 Å². The number of rotatable bonds is 4. The van der Waals surface area contributed by atoms with Crippen LogP contribution in [0.25, 0.3) is 0 Å². The van der Waals surface area contributed by atoms with Gasteiger partial charge in [-0.2, -0.15) is 0 Å². The van der Waals surface area contributed by atoms with Crippen molar-refractivity contribution in [2.75, 3.05) is 0 Å². The molecule has 4 aliphatic carbocycles. The van der Waals surface area contributed by atoms with Gasteiger partial charge in [0.25, 0.3) is 0 Å². The highest BCUT2D eigenvalue weighted by molar-refractivity contribution is 5.76. The average molecular weight is 324 g/mol. The van der Waals surface area contributed by atoms with Crippen LogP contribution in [0.4, 0.5) is 0 Å². The fraction of sp³-hybridized carbons (Fsp3) is 0.947. The summed E-state index contributed by atoms with van der Waals surface area (Å²) < 4.78 is 6.01. The monoisotopic (exact) mass is 324 g/mol. The number of esters is 1. The summed E-state index contributed by atoms with van der Waals surface area (Å²) in [6, 6.07) is 0. The predicted octanol–water partition coefficient (Wildman–Crippen LogP) is 3.19. The standard InChI is InChI=1S/C19H32O4/c1-6-15(2,3)14(20)23-16(4,5)17-7-13-8-18(21,10-17)12-19(22,9-13)11-17/h13,21-22H,6-12H2,1-5H3. The highest BCUT2D eigenvalue weighted by Gasteiger charge is 2.67. The molecule has 2 unspecified atom stereocenters. The molecule has 0 amide bonds. The molecule has 132 valence electrons. The molecule has 0 aliphatic heterocycles. The molecule has 0 aromatic rings. The van der Waals surface area contributed by atoms with Gasteiger partial charge in [-0.1, -0.05) is 6.92 Å². The van der Waals surface area contributed by atoms with E-state index in [4.69, 9.17) is 4.74 Å². The molecule has 0 heterocycles. The zero-order valence-electron chi connectivity index (χ0n) is 15.2. The van der Waals surface area contributed by atoms with Crippen molar-refractivity contribution in [3.8, 4) is 0 Å². The molecule has 2 N–H and O–H groups in total. The van der Waals surface area contributed by atoms with E-state index >= 15 is 0 Å². The van der Waals surface area contributed by atoms with Crippen LogP contribution in [0.2, 0.25) is 0 Å². The number of carbonyl (C=O) groups is 1. The first-order valence-corrected chi connectivity index (χ1v) is 9.03. The molecule has 4 nitrogen and oxygen atoms in total. The van der Waals surface area contributed by atoms with Crippen molar-refractivity contribution in [3.05, 3.63) is 0 Å². The Hall–Kier alpha value is -0.610. The predicted molar refractivity (Wildman–Crippen MR) is 87.8 cm³/mol. The molecule has 0 saturated heterocycles. The zero-order chi connectivity index (χ0) is 17.3. The topological polar surface area (TPSA) is 66.8 Å². The van der Waals surface area contributed by atoms with Crippen molar-refractivity contribution >= 4 is 5.97 Å². The lowest BCUT2D eigenvalue weighted by Crippen LogP contribution is -2.68. The minimum Gasteiger partial charge on any atom is -0.459 e. The fourth-order valence-corrected chi connectivity index (χ4v) is 5.63. The van der Waals surface area contributed by atoms with Crippen LogP contribution in [0.5, 0.6) is 0 Å². The third-order valence-electron chi connectivity index (χ3n) is 7.07. The lowest BCUT2D eigenvalue weighted by atomic mass is 9.43. The highest BCUT2D eigenvalue weighted by Crippen LogP contribution is 2.66. The molecular formula is C19H32O4. The maximum Gasteiger partial charge on any atom is 0.312 e. The Labute approximate surface area is 139 Å². The average Bonchev–Trinajstić information content (AvgIpc) is 2.33. The smallest absolute Gasteiger partial charge is 0.312 e. The summed E-state index contributed by atoms with van der Waals surface area (Å²) in [6.45, 7) is 9.75. The van der Waals surface area contributed by atoms with E-state index in [0.29, 0.717) is 25.2 Å². The van der Waals surface area contributed by atoms with E-state index in [0.717, 1.165) is 25.7 Å². The van der Waals surface area contributed by atoms with Crippen molar-refractivity contribution < 1.29 is 19.7 Å². The second-order valence-corrected chi connectivity index (χ2v) is 9.88. The lowest BCUT2D eigenvalue weighted by Gasteiger charge is -2.66. The van der Waals surface area contributed by atoms with Crippen LogP contribution in [-0.2, 0) is 9.53 Å². The van der Waals surface area contributed by atoms with Gasteiger partial charge in [-0.3, -0.25) is 4.79 Å². The number of ether oxygens (including phenoxy) is 1. The third-order valence-corrected chi connectivity index (χ3v) is 7.07. The van der Waals surface area contributed by atoms with Gasteiger partial charge in [0.2, 0.25) is 0 Å². The Kier molecular flexibility index (Phi) is 3.54. The molecule has 0 radical (unpaired) electrons. The van der Waals surface area contributed by atoms with Gasteiger partial charge in [-0.15, -0.1) is 0 Å². The molecule has 23 heavy (non-hydrogen) atoms. The van der Waals surface area contributed by atoms with Gasteiger partial charge < -0.3 is 14.9 Å². The molecule has 4 aliphatic rings.